The highest BCUT2D eigenvalue weighted by atomic mass is 16.5. The molecule has 0 radical (unpaired) electrons. The lowest BCUT2D eigenvalue weighted by Gasteiger charge is -2.34. The Bertz CT molecular complexity index is 662. The van der Waals surface area contributed by atoms with Crippen LogP contribution in [0, 0.1) is 13.8 Å². The van der Waals surface area contributed by atoms with E-state index < -0.39 is 0 Å². The van der Waals surface area contributed by atoms with Crippen molar-refractivity contribution in [2.45, 2.75) is 33.4 Å². The molecule has 6 heteroatoms. The van der Waals surface area contributed by atoms with Crippen LogP contribution in [0.2, 0.25) is 0 Å². The number of morpholine rings is 1. The Morgan fingerprint density at radius 3 is 2.78 bits per heavy atom. The van der Waals surface area contributed by atoms with Crippen molar-refractivity contribution in [3.63, 3.8) is 0 Å². The number of fused-ring (bicyclic) bond motifs is 1. The van der Waals surface area contributed by atoms with Gasteiger partial charge in [-0.2, -0.15) is 5.10 Å². The van der Waals surface area contributed by atoms with E-state index in [0.717, 1.165) is 56.4 Å². The maximum atomic E-state index is 5.44. The van der Waals surface area contributed by atoms with Crippen LogP contribution >= 0.6 is 0 Å². The lowest BCUT2D eigenvalue weighted by molar-refractivity contribution is 0.0137. The zero-order valence-corrected chi connectivity index (χ0v) is 14.6. The van der Waals surface area contributed by atoms with Crippen LogP contribution in [0.3, 0.4) is 0 Å². The van der Waals surface area contributed by atoms with Crippen LogP contribution in [0.4, 0.5) is 0 Å². The van der Waals surface area contributed by atoms with Crippen LogP contribution in [0.25, 0.3) is 5.65 Å². The van der Waals surface area contributed by atoms with Gasteiger partial charge in [-0.3, -0.25) is 4.90 Å². The minimum absolute atomic E-state index is 0.530. The van der Waals surface area contributed by atoms with E-state index in [9.17, 15) is 0 Å². The van der Waals surface area contributed by atoms with Crippen molar-refractivity contribution in [3.05, 3.63) is 29.2 Å². The quantitative estimate of drug-likeness (QED) is 0.836. The second kappa shape index (κ2) is 6.95. The van der Waals surface area contributed by atoms with Crippen molar-refractivity contribution < 1.29 is 4.74 Å². The Morgan fingerprint density at radius 2 is 2.04 bits per heavy atom. The Kier molecular flexibility index (Phi) is 4.94. The Hall–Kier alpha value is -1.50. The van der Waals surface area contributed by atoms with E-state index in [2.05, 4.69) is 46.8 Å². The number of aryl methyl sites for hydroxylation is 2. The third-order valence-electron chi connectivity index (χ3n) is 4.54. The molecule has 0 amide bonds. The molecule has 23 heavy (non-hydrogen) atoms. The molecule has 3 rings (SSSR count). The standard InChI is InChI=1S/C17H27N5O/c1-13-9-14(2)22-17(19-13)16(10-18-22)12-20(4)11-15(3)21-5-7-23-8-6-21/h9-10,15H,5-8,11-12H2,1-4H3/t15-/m1/s1. The number of likely N-dealkylation sites (N-methyl/N-ethyl adjacent to an activating group) is 1. The Balaban J connectivity index is 1.66. The number of hydrogen-bond acceptors (Lipinski definition) is 5. The third kappa shape index (κ3) is 3.71. The molecule has 1 atom stereocenters. The molecule has 0 bridgehead atoms. The molecular weight excluding hydrogens is 290 g/mol. The van der Waals surface area contributed by atoms with Gasteiger partial charge in [0.05, 0.1) is 19.4 Å². The van der Waals surface area contributed by atoms with E-state index in [1.807, 2.05) is 17.6 Å². The smallest absolute Gasteiger partial charge is 0.159 e. The van der Waals surface area contributed by atoms with E-state index in [4.69, 9.17) is 4.74 Å². The predicted octanol–water partition coefficient (Wildman–Crippen LogP) is 1.50. The predicted molar refractivity (Wildman–Crippen MR) is 90.6 cm³/mol. The topological polar surface area (TPSA) is 45.9 Å². The van der Waals surface area contributed by atoms with E-state index in [1.54, 1.807) is 0 Å². The van der Waals surface area contributed by atoms with Crippen LogP contribution < -0.4 is 0 Å². The molecule has 6 nitrogen and oxygen atoms in total. The summed E-state index contributed by atoms with van der Waals surface area (Å²) in [5.74, 6) is 0. The van der Waals surface area contributed by atoms with Gasteiger partial charge in [0.25, 0.3) is 0 Å². The van der Waals surface area contributed by atoms with Gasteiger partial charge < -0.3 is 9.64 Å². The van der Waals surface area contributed by atoms with Crippen molar-refractivity contribution >= 4 is 5.65 Å². The molecule has 0 unspecified atom stereocenters. The average molecular weight is 317 g/mol. The molecule has 0 saturated carbocycles. The van der Waals surface area contributed by atoms with Gasteiger partial charge in [0.15, 0.2) is 5.65 Å². The number of rotatable bonds is 5. The summed E-state index contributed by atoms with van der Waals surface area (Å²) in [5.41, 5.74) is 4.34. The maximum Gasteiger partial charge on any atom is 0.159 e. The SMILES string of the molecule is Cc1cc(C)n2ncc(CN(C)C[C@@H](C)N3CCOCC3)c2n1. The monoisotopic (exact) mass is 317 g/mol. The van der Waals surface area contributed by atoms with Crippen molar-refractivity contribution in [1.29, 1.82) is 0 Å². The third-order valence-corrected chi connectivity index (χ3v) is 4.54. The molecule has 2 aromatic rings. The average Bonchev–Trinajstić information content (AvgIpc) is 2.91. The van der Waals surface area contributed by atoms with Gasteiger partial charge in [-0.15, -0.1) is 0 Å². The normalized spacial score (nSPS) is 18.0. The lowest BCUT2D eigenvalue weighted by atomic mass is 10.2. The first-order chi connectivity index (χ1) is 11.0. The van der Waals surface area contributed by atoms with Gasteiger partial charge in [-0.05, 0) is 33.9 Å². The fraction of sp³-hybridized carbons (Fsp3) is 0.647. The van der Waals surface area contributed by atoms with Crippen LogP contribution in [0.5, 0.6) is 0 Å². The van der Waals surface area contributed by atoms with E-state index in [1.165, 1.54) is 5.56 Å². The molecule has 126 valence electrons. The van der Waals surface area contributed by atoms with E-state index >= 15 is 0 Å². The molecule has 0 spiro atoms. The largest absolute Gasteiger partial charge is 0.379 e. The van der Waals surface area contributed by atoms with Crippen LogP contribution in [0.15, 0.2) is 12.3 Å². The summed E-state index contributed by atoms with van der Waals surface area (Å²) < 4.78 is 7.37. The summed E-state index contributed by atoms with van der Waals surface area (Å²) in [6, 6.07) is 2.59. The Morgan fingerprint density at radius 1 is 1.30 bits per heavy atom. The molecule has 1 saturated heterocycles. The molecule has 1 aliphatic rings. The summed E-state index contributed by atoms with van der Waals surface area (Å²) in [6.07, 6.45) is 1.95. The first-order valence-corrected chi connectivity index (χ1v) is 8.36. The molecule has 3 heterocycles. The lowest BCUT2D eigenvalue weighted by Crippen LogP contribution is -2.46. The first kappa shape index (κ1) is 16.4. The highest BCUT2D eigenvalue weighted by Crippen LogP contribution is 2.14. The zero-order valence-electron chi connectivity index (χ0n) is 14.6. The highest BCUT2D eigenvalue weighted by molar-refractivity contribution is 5.47. The van der Waals surface area contributed by atoms with Gasteiger partial charge in [-0.25, -0.2) is 9.50 Å². The Labute approximate surface area is 138 Å². The number of hydrogen-bond donors (Lipinski definition) is 0. The van der Waals surface area contributed by atoms with Crippen molar-refractivity contribution in [2.75, 3.05) is 39.9 Å². The molecule has 0 aliphatic carbocycles. The fourth-order valence-corrected chi connectivity index (χ4v) is 3.37. The summed E-state index contributed by atoms with van der Waals surface area (Å²) in [5, 5.41) is 4.48. The van der Waals surface area contributed by atoms with Crippen molar-refractivity contribution in [2.24, 2.45) is 0 Å². The summed E-state index contributed by atoms with van der Waals surface area (Å²) in [6.45, 7) is 12.1. The number of nitrogens with zero attached hydrogens (tertiary/aromatic N) is 5. The van der Waals surface area contributed by atoms with Gasteiger partial charge in [-0.1, -0.05) is 0 Å². The second-order valence-electron chi connectivity index (χ2n) is 6.64. The van der Waals surface area contributed by atoms with Crippen molar-refractivity contribution in [3.8, 4) is 0 Å². The van der Waals surface area contributed by atoms with E-state index in [-0.39, 0.29) is 0 Å². The minimum atomic E-state index is 0.530. The summed E-state index contributed by atoms with van der Waals surface area (Å²) in [4.78, 5) is 9.53. The zero-order chi connectivity index (χ0) is 16.4. The van der Waals surface area contributed by atoms with Gasteiger partial charge in [0, 0.05) is 49.2 Å². The first-order valence-electron chi connectivity index (χ1n) is 8.36. The highest BCUT2D eigenvalue weighted by Gasteiger charge is 2.19. The second-order valence-corrected chi connectivity index (χ2v) is 6.64. The van der Waals surface area contributed by atoms with Crippen LogP contribution in [0.1, 0.15) is 23.9 Å². The summed E-state index contributed by atoms with van der Waals surface area (Å²) in [7, 11) is 2.17. The minimum Gasteiger partial charge on any atom is -0.379 e. The van der Waals surface area contributed by atoms with Crippen molar-refractivity contribution in [1.82, 2.24) is 24.4 Å². The number of aromatic nitrogens is 3. The number of ether oxygens (including phenoxy) is 1. The van der Waals surface area contributed by atoms with E-state index in [0.29, 0.717) is 6.04 Å². The fourth-order valence-electron chi connectivity index (χ4n) is 3.37. The molecule has 0 N–H and O–H groups in total. The molecule has 1 fully saturated rings. The van der Waals surface area contributed by atoms with Crippen LogP contribution in [-0.4, -0.2) is 70.3 Å². The molecule has 1 aliphatic heterocycles. The van der Waals surface area contributed by atoms with Gasteiger partial charge in [0.1, 0.15) is 0 Å². The van der Waals surface area contributed by atoms with Gasteiger partial charge in [0.2, 0.25) is 0 Å². The van der Waals surface area contributed by atoms with Gasteiger partial charge >= 0.3 is 0 Å². The molecule has 0 aromatic carbocycles. The molecule has 2 aromatic heterocycles. The molecular formula is C17H27N5O. The van der Waals surface area contributed by atoms with Crippen LogP contribution in [-0.2, 0) is 11.3 Å². The maximum absolute atomic E-state index is 5.44. The summed E-state index contributed by atoms with van der Waals surface area (Å²) >= 11 is 0.